The van der Waals surface area contributed by atoms with Crippen LogP contribution in [0.2, 0.25) is 0 Å². The lowest BCUT2D eigenvalue weighted by Crippen LogP contribution is -2.39. The van der Waals surface area contributed by atoms with Gasteiger partial charge in [-0.15, -0.1) is 0 Å². The maximum atomic E-state index is 13.9. The smallest absolute Gasteiger partial charge is 0.407 e. The van der Waals surface area contributed by atoms with Gasteiger partial charge < -0.3 is 60.1 Å². The number of nitrogens with zero attached hydrogens (tertiary/aromatic N) is 2. The number of benzene rings is 2. The first-order valence-electron chi connectivity index (χ1n) is 20.7. The van der Waals surface area contributed by atoms with Gasteiger partial charge in [0.25, 0.3) is 0 Å². The molecule has 0 spiro atoms. The minimum atomic E-state index is -0.564. The molecule has 0 aliphatic carbocycles. The fourth-order valence-electron chi connectivity index (χ4n) is 6.47. The molecule has 1 aliphatic rings. The Kier molecular flexibility index (Phi) is 21.5. The molecule has 2 aromatic carbocycles. The number of hydrogen-bond acceptors (Lipinski definition) is 13. The van der Waals surface area contributed by atoms with Gasteiger partial charge in [-0.2, -0.15) is 0 Å². The van der Waals surface area contributed by atoms with E-state index in [0.717, 1.165) is 23.8 Å². The van der Waals surface area contributed by atoms with Crippen molar-refractivity contribution >= 4 is 41.3 Å². The van der Waals surface area contributed by atoms with Crippen molar-refractivity contribution < 1.29 is 42.9 Å². The van der Waals surface area contributed by atoms with Gasteiger partial charge >= 0.3 is 6.09 Å². The summed E-state index contributed by atoms with van der Waals surface area (Å²) in [5.74, 6) is 6.23. The zero-order valence-corrected chi connectivity index (χ0v) is 36.5. The van der Waals surface area contributed by atoms with Crippen molar-refractivity contribution in [3.8, 4) is 0 Å². The predicted molar refractivity (Wildman–Crippen MR) is 232 cm³/mol. The Hall–Kier alpha value is -4.58. The van der Waals surface area contributed by atoms with E-state index >= 15 is 0 Å². The molecule has 1 aliphatic heterocycles. The number of methoxy groups -OCH3 is 1. The lowest BCUT2D eigenvalue weighted by atomic mass is 9.94. The minimum Gasteiger partial charge on any atom is -0.448 e. The number of rotatable bonds is 28. The Balaban J connectivity index is 1.51. The number of anilines is 1. The molecule has 3 amide bonds. The molecule has 1 heterocycles. The number of para-hydroxylation sites is 1. The standard InChI is InChI=1S/C44H69N7O9/c1-43(2,31-59-32-44(3,4)30-58-26-25-56-6)29-57-23-19-38(53)48-21-18-39(54)50-27-33-13-7-8-15-35(33)41(40(45)36-16-9-10-17-37(36)50)51(46)22-24-60-42(55)49-20-12-11-14-34(28-52)47-5/h7-10,13,15-17,28,34,47H,11-12,14,18-27,29-32,45-46H2,1-6H3,(H,48,53)(H,49,55)/b41-40-. The van der Waals surface area contributed by atoms with E-state index in [1.54, 1.807) is 19.1 Å². The zero-order chi connectivity index (χ0) is 44.0. The SMILES string of the molecule is CNC(C=O)CCCCNC(=O)OCCN(N)/C1=C(\N)c2ccccc2N(C(=O)CCNC(=O)CCOCC(C)(C)COCC(C)(C)COCCOC)Cc2ccccc21. The molecular formula is C44H69N7O9. The highest BCUT2D eigenvalue weighted by Gasteiger charge is 2.28. The molecule has 0 aromatic heterocycles. The summed E-state index contributed by atoms with van der Waals surface area (Å²) in [5, 5.41) is 9.98. The van der Waals surface area contributed by atoms with Gasteiger partial charge in [0, 0.05) is 55.0 Å². The molecule has 2 aromatic rings. The number of fused-ring (bicyclic) bond motifs is 2. The van der Waals surface area contributed by atoms with Crippen molar-refractivity contribution in [1.29, 1.82) is 0 Å². The quantitative estimate of drug-likeness (QED) is 0.0358. The molecule has 3 rings (SSSR count). The van der Waals surface area contributed by atoms with Crippen LogP contribution in [0.1, 0.15) is 76.5 Å². The topological polar surface area (TPSA) is 209 Å². The summed E-state index contributed by atoms with van der Waals surface area (Å²) in [6.45, 7) is 12.6. The number of hydrogen-bond donors (Lipinski definition) is 5. The summed E-state index contributed by atoms with van der Waals surface area (Å²) < 4.78 is 27.9. The summed E-state index contributed by atoms with van der Waals surface area (Å²) >= 11 is 0. The van der Waals surface area contributed by atoms with Gasteiger partial charge in [0.1, 0.15) is 12.9 Å². The zero-order valence-electron chi connectivity index (χ0n) is 36.5. The molecule has 7 N–H and O–H groups in total. The van der Waals surface area contributed by atoms with Crippen LogP contribution in [0.4, 0.5) is 10.5 Å². The monoisotopic (exact) mass is 840 g/mol. The highest BCUT2D eigenvalue weighted by atomic mass is 16.5. The van der Waals surface area contributed by atoms with E-state index in [2.05, 4.69) is 43.6 Å². The van der Waals surface area contributed by atoms with Crippen LogP contribution in [0.15, 0.2) is 48.5 Å². The van der Waals surface area contributed by atoms with E-state index in [4.69, 9.17) is 35.3 Å². The first-order chi connectivity index (χ1) is 28.7. The first kappa shape index (κ1) is 49.8. The molecule has 1 unspecified atom stereocenters. The van der Waals surface area contributed by atoms with Gasteiger partial charge in [-0.25, -0.2) is 10.6 Å². The third kappa shape index (κ3) is 17.2. The summed E-state index contributed by atoms with van der Waals surface area (Å²) in [7, 11) is 3.38. The Labute approximate surface area is 356 Å². The van der Waals surface area contributed by atoms with Gasteiger partial charge in [0.05, 0.1) is 82.5 Å². The third-order valence-corrected chi connectivity index (χ3v) is 9.78. The van der Waals surface area contributed by atoms with Crippen LogP contribution in [-0.4, -0.2) is 122 Å². The molecular weight excluding hydrogens is 771 g/mol. The molecule has 0 saturated heterocycles. The number of aldehydes is 1. The lowest BCUT2D eigenvalue weighted by molar-refractivity contribution is -0.123. The van der Waals surface area contributed by atoms with Crippen molar-refractivity contribution in [2.24, 2.45) is 22.4 Å². The van der Waals surface area contributed by atoms with E-state index in [-0.39, 0.29) is 74.4 Å². The molecule has 0 radical (unpaired) electrons. The van der Waals surface area contributed by atoms with Crippen molar-refractivity contribution in [2.45, 2.75) is 72.4 Å². The number of nitrogens with two attached hydrogens (primary N) is 2. The largest absolute Gasteiger partial charge is 0.448 e. The third-order valence-electron chi connectivity index (χ3n) is 9.78. The molecule has 16 nitrogen and oxygen atoms in total. The fourth-order valence-corrected chi connectivity index (χ4v) is 6.47. The number of amides is 3. The Morgan fingerprint density at radius 2 is 1.48 bits per heavy atom. The van der Waals surface area contributed by atoms with E-state index in [9.17, 15) is 19.2 Å². The number of unbranched alkanes of at least 4 members (excludes halogenated alkanes) is 1. The Bertz CT molecular complexity index is 1690. The minimum absolute atomic E-state index is 0.00297. The molecule has 0 fully saturated rings. The number of likely N-dealkylation sites (N-methyl/N-ethyl adjacent to an activating group) is 1. The van der Waals surface area contributed by atoms with Crippen molar-refractivity contribution in [3.05, 3.63) is 65.2 Å². The number of ether oxygens (including phenoxy) is 5. The second-order valence-electron chi connectivity index (χ2n) is 16.5. The van der Waals surface area contributed by atoms with E-state index in [1.165, 1.54) is 5.01 Å². The van der Waals surface area contributed by atoms with Crippen LogP contribution in [0.25, 0.3) is 11.4 Å². The Morgan fingerprint density at radius 3 is 2.17 bits per heavy atom. The average molecular weight is 840 g/mol. The van der Waals surface area contributed by atoms with Crippen LogP contribution in [0.3, 0.4) is 0 Å². The highest BCUT2D eigenvalue weighted by molar-refractivity contribution is 6.01. The van der Waals surface area contributed by atoms with Crippen LogP contribution in [-0.2, 0) is 44.6 Å². The van der Waals surface area contributed by atoms with Crippen molar-refractivity contribution in [2.75, 3.05) is 91.5 Å². The first-order valence-corrected chi connectivity index (χ1v) is 20.7. The number of carbonyl (C=O) groups excluding carboxylic acids is 4. The fraction of sp³-hybridized carbons (Fsp3) is 0.591. The second-order valence-corrected chi connectivity index (χ2v) is 16.5. The summed E-state index contributed by atoms with van der Waals surface area (Å²) in [6, 6.07) is 14.7. The Morgan fingerprint density at radius 1 is 0.833 bits per heavy atom. The van der Waals surface area contributed by atoms with Gasteiger partial charge in [0.2, 0.25) is 11.8 Å². The van der Waals surface area contributed by atoms with Crippen molar-refractivity contribution in [1.82, 2.24) is 21.0 Å². The van der Waals surface area contributed by atoms with E-state index < -0.39 is 6.09 Å². The number of carbonyl (C=O) groups is 4. The van der Waals surface area contributed by atoms with E-state index in [0.29, 0.717) is 81.7 Å². The summed E-state index contributed by atoms with van der Waals surface area (Å²) in [4.78, 5) is 51.6. The maximum absolute atomic E-state index is 13.9. The van der Waals surface area contributed by atoms with Crippen LogP contribution in [0.5, 0.6) is 0 Å². The van der Waals surface area contributed by atoms with Gasteiger partial charge in [-0.05, 0) is 37.9 Å². The van der Waals surface area contributed by atoms with Crippen LogP contribution >= 0.6 is 0 Å². The maximum Gasteiger partial charge on any atom is 0.407 e. The highest BCUT2D eigenvalue weighted by Crippen LogP contribution is 2.36. The number of hydrazine groups is 1. The number of nitrogens with one attached hydrogen (secondary N) is 3. The predicted octanol–water partition coefficient (Wildman–Crippen LogP) is 3.82. The van der Waals surface area contributed by atoms with Crippen LogP contribution < -0.4 is 32.4 Å². The number of alkyl carbamates (subject to hydrolysis) is 1. The molecule has 1 atom stereocenters. The molecule has 60 heavy (non-hydrogen) atoms. The molecule has 0 bridgehead atoms. The summed E-state index contributed by atoms with van der Waals surface area (Å²) in [5.41, 5.74) is 10.2. The second kappa shape index (κ2) is 25.9. The summed E-state index contributed by atoms with van der Waals surface area (Å²) in [6.07, 6.45) is 2.70. The lowest BCUT2D eigenvalue weighted by Gasteiger charge is -2.33. The molecule has 16 heteroatoms. The molecule has 0 saturated carbocycles. The van der Waals surface area contributed by atoms with Crippen molar-refractivity contribution in [3.63, 3.8) is 0 Å². The normalized spacial score (nSPS) is 14.6. The van der Waals surface area contributed by atoms with Gasteiger partial charge in [-0.1, -0.05) is 70.2 Å². The van der Waals surface area contributed by atoms with Gasteiger partial charge in [-0.3, -0.25) is 9.59 Å². The van der Waals surface area contributed by atoms with Crippen LogP contribution in [0, 0.1) is 10.8 Å². The van der Waals surface area contributed by atoms with E-state index in [1.807, 2.05) is 48.5 Å². The average Bonchev–Trinajstić information content (AvgIpc) is 3.21. The van der Waals surface area contributed by atoms with Gasteiger partial charge in [0.15, 0.2) is 0 Å². The molecule has 334 valence electrons.